The van der Waals surface area contributed by atoms with Crippen molar-refractivity contribution in [1.29, 1.82) is 0 Å². The van der Waals surface area contributed by atoms with Gasteiger partial charge in [-0.15, -0.1) is 0 Å². The SMILES string of the molecule is COC(=O)C1=C(N)OC2=C(C(=O)CC(C)(C)C2)C1c1ccccc1OCC(=O)NCc1ccccc1. The van der Waals surface area contributed by atoms with Crippen LogP contribution in [-0.4, -0.2) is 31.4 Å². The van der Waals surface area contributed by atoms with Crippen LogP contribution in [-0.2, 0) is 30.4 Å². The Labute approximate surface area is 210 Å². The number of para-hydroxylation sites is 1. The third kappa shape index (κ3) is 5.27. The number of nitrogens with one attached hydrogen (secondary N) is 1. The van der Waals surface area contributed by atoms with Gasteiger partial charge in [-0.25, -0.2) is 4.79 Å². The first-order chi connectivity index (χ1) is 17.2. The summed E-state index contributed by atoms with van der Waals surface area (Å²) in [5.41, 5.74) is 7.79. The van der Waals surface area contributed by atoms with Crippen LogP contribution in [0.1, 0.15) is 43.7 Å². The van der Waals surface area contributed by atoms with Crippen molar-refractivity contribution in [3.8, 4) is 5.75 Å². The van der Waals surface area contributed by atoms with Crippen LogP contribution in [0.5, 0.6) is 5.75 Å². The molecule has 0 saturated heterocycles. The van der Waals surface area contributed by atoms with E-state index < -0.39 is 11.9 Å². The Morgan fingerprint density at radius 2 is 1.78 bits per heavy atom. The van der Waals surface area contributed by atoms with E-state index in [4.69, 9.17) is 19.9 Å². The molecular formula is C28H30N2O6. The smallest absolute Gasteiger partial charge is 0.340 e. The number of hydrogen-bond acceptors (Lipinski definition) is 7. The molecule has 0 fully saturated rings. The standard InChI is InChI=1S/C28H30N2O6/c1-28(2)13-19(31)24-21(14-28)36-26(29)25(27(33)34-3)23(24)18-11-7-8-12-20(18)35-16-22(32)30-15-17-9-5-4-6-10-17/h4-12,23H,13-16,29H2,1-3H3,(H,30,32). The summed E-state index contributed by atoms with van der Waals surface area (Å²) in [4.78, 5) is 38.6. The average molecular weight is 491 g/mol. The molecule has 1 amide bonds. The molecule has 0 aromatic heterocycles. The maximum atomic E-state index is 13.3. The number of allylic oxidation sites excluding steroid dienone is 2. The maximum absolute atomic E-state index is 13.3. The van der Waals surface area contributed by atoms with Crippen LogP contribution in [0.4, 0.5) is 0 Å². The van der Waals surface area contributed by atoms with E-state index in [9.17, 15) is 14.4 Å². The van der Waals surface area contributed by atoms with E-state index in [0.29, 0.717) is 42.0 Å². The van der Waals surface area contributed by atoms with Gasteiger partial charge in [-0.2, -0.15) is 0 Å². The van der Waals surface area contributed by atoms with E-state index in [1.165, 1.54) is 7.11 Å². The molecule has 0 spiro atoms. The molecule has 36 heavy (non-hydrogen) atoms. The number of esters is 1. The largest absolute Gasteiger partial charge is 0.483 e. The highest BCUT2D eigenvalue weighted by Crippen LogP contribution is 2.49. The fraction of sp³-hybridized carbons (Fsp3) is 0.321. The molecule has 0 bridgehead atoms. The predicted molar refractivity (Wildman–Crippen MR) is 132 cm³/mol. The van der Waals surface area contributed by atoms with Crippen molar-refractivity contribution in [3.05, 3.63) is 88.5 Å². The van der Waals surface area contributed by atoms with Crippen molar-refractivity contribution in [3.63, 3.8) is 0 Å². The lowest BCUT2D eigenvalue weighted by Crippen LogP contribution is -2.36. The molecule has 8 heteroatoms. The van der Waals surface area contributed by atoms with Crippen LogP contribution in [0.3, 0.4) is 0 Å². The fourth-order valence-electron chi connectivity index (χ4n) is 4.65. The predicted octanol–water partition coefficient (Wildman–Crippen LogP) is 3.48. The lowest BCUT2D eigenvalue weighted by atomic mass is 9.70. The number of ether oxygens (including phenoxy) is 3. The van der Waals surface area contributed by atoms with Gasteiger partial charge in [0.05, 0.1) is 13.0 Å². The minimum atomic E-state index is -0.839. The Balaban J connectivity index is 1.64. The third-order valence-electron chi connectivity index (χ3n) is 6.28. The van der Waals surface area contributed by atoms with Crippen molar-refractivity contribution in [1.82, 2.24) is 5.32 Å². The zero-order valence-corrected chi connectivity index (χ0v) is 20.6. The van der Waals surface area contributed by atoms with Gasteiger partial charge in [0.25, 0.3) is 5.91 Å². The van der Waals surface area contributed by atoms with Gasteiger partial charge in [0.1, 0.15) is 17.1 Å². The van der Waals surface area contributed by atoms with Gasteiger partial charge in [0.15, 0.2) is 12.4 Å². The van der Waals surface area contributed by atoms with Crippen molar-refractivity contribution in [2.75, 3.05) is 13.7 Å². The van der Waals surface area contributed by atoms with Crippen molar-refractivity contribution >= 4 is 17.7 Å². The average Bonchev–Trinajstić information content (AvgIpc) is 2.85. The lowest BCUT2D eigenvalue weighted by molar-refractivity contribution is -0.136. The van der Waals surface area contributed by atoms with Gasteiger partial charge >= 0.3 is 5.97 Å². The van der Waals surface area contributed by atoms with Gasteiger partial charge in [0, 0.05) is 30.5 Å². The summed E-state index contributed by atoms with van der Waals surface area (Å²) in [7, 11) is 1.24. The molecule has 1 unspecified atom stereocenters. The molecular weight excluding hydrogens is 460 g/mol. The zero-order valence-electron chi connectivity index (χ0n) is 20.6. The first kappa shape index (κ1) is 25.0. The minimum absolute atomic E-state index is 0.0360. The van der Waals surface area contributed by atoms with Crippen LogP contribution >= 0.6 is 0 Å². The van der Waals surface area contributed by atoms with E-state index in [-0.39, 0.29) is 35.2 Å². The number of nitrogens with two attached hydrogens (primary N) is 1. The number of carbonyl (C=O) groups is 3. The number of hydrogen-bond donors (Lipinski definition) is 2. The molecule has 1 aliphatic heterocycles. The second-order valence-electron chi connectivity index (χ2n) is 9.67. The van der Waals surface area contributed by atoms with Crippen LogP contribution in [0.15, 0.2) is 77.4 Å². The molecule has 2 aliphatic rings. The summed E-state index contributed by atoms with van der Waals surface area (Å²) in [6.45, 7) is 4.09. The number of ketones is 1. The van der Waals surface area contributed by atoms with Gasteiger partial charge in [-0.1, -0.05) is 62.4 Å². The van der Waals surface area contributed by atoms with Crippen LogP contribution in [0.25, 0.3) is 0 Å². The Hall–Kier alpha value is -4.07. The Morgan fingerprint density at radius 1 is 1.08 bits per heavy atom. The van der Waals surface area contributed by atoms with E-state index in [1.54, 1.807) is 24.3 Å². The van der Waals surface area contributed by atoms with Crippen LogP contribution in [0.2, 0.25) is 0 Å². The lowest BCUT2D eigenvalue weighted by Gasteiger charge is -2.38. The van der Waals surface area contributed by atoms with E-state index >= 15 is 0 Å². The highest BCUT2D eigenvalue weighted by molar-refractivity contribution is 6.03. The summed E-state index contributed by atoms with van der Waals surface area (Å²) in [5, 5.41) is 2.82. The monoisotopic (exact) mass is 490 g/mol. The molecule has 2 aromatic rings. The Kier molecular flexibility index (Phi) is 7.15. The summed E-state index contributed by atoms with van der Waals surface area (Å²) in [6, 6.07) is 16.5. The molecule has 2 aromatic carbocycles. The summed E-state index contributed by atoms with van der Waals surface area (Å²) in [6.07, 6.45) is 0.787. The van der Waals surface area contributed by atoms with Crippen LogP contribution < -0.4 is 15.8 Å². The summed E-state index contributed by atoms with van der Waals surface area (Å²) in [5.74, 6) is -1.27. The van der Waals surface area contributed by atoms with Gasteiger partial charge in [-0.3, -0.25) is 9.59 Å². The molecule has 188 valence electrons. The second-order valence-corrected chi connectivity index (χ2v) is 9.67. The first-order valence-electron chi connectivity index (χ1n) is 11.7. The number of benzene rings is 2. The molecule has 0 saturated carbocycles. The van der Waals surface area contributed by atoms with Crippen molar-refractivity contribution in [2.45, 2.75) is 39.2 Å². The highest BCUT2D eigenvalue weighted by Gasteiger charge is 2.45. The van der Waals surface area contributed by atoms with Crippen LogP contribution in [0, 0.1) is 5.41 Å². The summed E-state index contributed by atoms with van der Waals surface area (Å²) >= 11 is 0. The Morgan fingerprint density at radius 3 is 2.50 bits per heavy atom. The molecule has 1 atom stereocenters. The molecule has 0 radical (unpaired) electrons. The zero-order chi connectivity index (χ0) is 25.9. The molecule has 1 heterocycles. The maximum Gasteiger partial charge on any atom is 0.340 e. The Bertz CT molecular complexity index is 1250. The van der Waals surface area contributed by atoms with Gasteiger partial charge in [-0.05, 0) is 17.0 Å². The minimum Gasteiger partial charge on any atom is -0.483 e. The van der Waals surface area contributed by atoms with Gasteiger partial charge in [0.2, 0.25) is 5.88 Å². The number of carbonyl (C=O) groups excluding carboxylic acids is 3. The van der Waals surface area contributed by atoms with Gasteiger partial charge < -0.3 is 25.3 Å². The molecule has 3 N–H and O–H groups in total. The topological polar surface area (TPSA) is 117 Å². The molecule has 1 aliphatic carbocycles. The van der Waals surface area contributed by atoms with E-state index in [1.807, 2.05) is 44.2 Å². The molecule has 8 nitrogen and oxygen atoms in total. The van der Waals surface area contributed by atoms with Crippen molar-refractivity contribution in [2.24, 2.45) is 11.1 Å². The second kappa shape index (κ2) is 10.3. The normalized spacial score (nSPS) is 18.8. The van der Waals surface area contributed by atoms with E-state index in [2.05, 4.69) is 5.32 Å². The number of methoxy groups -OCH3 is 1. The first-order valence-corrected chi connectivity index (χ1v) is 11.7. The third-order valence-corrected chi connectivity index (χ3v) is 6.28. The summed E-state index contributed by atoms with van der Waals surface area (Å²) < 4.78 is 16.7. The van der Waals surface area contributed by atoms with E-state index in [0.717, 1.165) is 5.56 Å². The fourth-order valence-corrected chi connectivity index (χ4v) is 4.65. The quantitative estimate of drug-likeness (QED) is 0.571. The number of rotatable bonds is 7. The number of amides is 1. The van der Waals surface area contributed by atoms with Crippen molar-refractivity contribution < 1.29 is 28.6 Å². The molecule has 4 rings (SSSR count). The number of Topliss-reactive ketones (excluding diaryl/α,β-unsaturated/α-hetero) is 1. The highest BCUT2D eigenvalue weighted by atomic mass is 16.5.